The van der Waals surface area contributed by atoms with Gasteiger partial charge in [-0.25, -0.2) is 9.59 Å². The van der Waals surface area contributed by atoms with Crippen LogP contribution in [0.3, 0.4) is 0 Å². The molecule has 3 aliphatic rings. The van der Waals surface area contributed by atoms with Gasteiger partial charge in [0, 0.05) is 18.1 Å². The maximum atomic E-state index is 12.7. The SMILES string of the molecule is CC1=CCOc2cc(OC(=O)C(=O)[N+]3([O-])CC[C@H]4NC[C@@H]43)ccc21. The van der Waals surface area contributed by atoms with Crippen LogP contribution in [0.2, 0.25) is 0 Å². The zero-order valence-electron chi connectivity index (χ0n) is 13.3. The highest BCUT2D eigenvalue weighted by Crippen LogP contribution is 2.34. The van der Waals surface area contributed by atoms with Gasteiger partial charge in [0.2, 0.25) is 0 Å². The Morgan fingerprint density at radius 1 is 1.42 bits per heavy atom. The van der Waals surface area contributed by atoms with E-state index < -0.39 is 16.5 Å². The molecule has 0 bridgehead atoms. The number of nitrogens with one attached hydrogen (secondary N) is 1. The molecule has 4 rings (SSSR count). The summed E-state index contributed by atoms with van der Waals surface area (Å²) in [6.07, 6.45) is 2.56. The highest BCUT2D eigenvalue weighted by molar-refractivity contribution is 6.30. The molecule has 2 saturated heterocycles. The molecule has 1 aromatic carbocycles. The van der Waals surface area contributed by atoms with E-state index in [1.807, 2.05) is 13.0 Å². The van der Waals surface area contributed by atoms with Crippen molar-refractivity contribution in [3.63, 3.8) is 0 Å². The number of fused-ring (bicyclic) bond motifs is 2. The molecule has 1 aromatic rings. The summed E-state index contributed by atoms with van der Waals surface area (Å²) in [6.45, 7) is 3.00. The standard InChI is InChI=1S/C17H18N2O5/c1-10-5-7-23-15-8-11(2-3-12(10)15)24-17(21)16(20)19(22)6-4-13-14(19)9-18-13/h2-3,5,8,13-14,18H,4,6-7,9H2,1H3/t13-,14+,19?/m1/s1. The summed E-state index contributed by atoms with van der Waals surface area (Å²) < 4.78 is 9.54. The first kappa shape index (κ1) is 15.3. The summed E-state index contributed by atoms with van der Waals surface area (Å²) in [4.78, 5) is 24.5. The Balaban J connectivity index is 1.50. The van der Waals surface area contributed by atoms with E-state index in [-0.39, 0.29) is 24.4 Å². The second kappa shape index (κ2) is 5.41. The number of nitrogens with zero attached hydrogens (tertiary/aromatic N) is 1. The summed E-state index contributed by atoms with van der Waals surface area (Å²) in [6, 6.07) is 4.61. The first-order chi connectivity index (χ1) is 11.5. The van der Waals surface area contributed by atoms with Gasteiger partial charge in [-0.3, -0.25) is 4.65 Å². The van der Waals surface area contributed by atoms with Crippen LogP contribution in [0.25, 0.3) is 5.57 Å². The molecule has 1 N–H and O–H groups in total. The number of carbonyl (C=O) groups excluding carboxylic acids is 2. The van der Waals surface area contributed by atoms with Crippen molar-refractivity contribution >= 4 is 17.4 Å². The number of rotatable bonds is 1. The maximum Gasteiger partial charge on any atom is 0.442 e. The fourth-order valence-corrected chi connectivity index (χ4v) is 3.55. The van der Waals surface area contributed by atoms with Crippen molar-refractivity contribution in [3.8, 4) is 11.5 Å². The normalized spacial score (nSPS) is 30.3. The smallest absolute Gasteiger partial charge is 0.442 e. The lowest BCUT2D eigenvalue weighted by Gasteiger charge is -2.45. The predicted molar refractivity (Wildman–Crippen MR) is 84.9 cm³/mol. The van der Waals surface area contributed by atoms with E-state index in [0.717, 1.165) is 11.1 Å². The second-order valence-corrected chi connectivity index (χ2v) is 6.44. The van der Waals surface area contributed by atoms with E-state index in [4.69, 9.17) is 9.47 Å². The van der Waals surface area contributed by atoms with Crippen LogP contribution in [0.1, 0.15) is 18.9 Å². The first-order valence-corrected chi connectivity index (χ1v) is 8.02. The van der Waals surface area contributed by atoms with Gasteiger partial charge in [0.15, 0.2) is 0 Å². The monoisotopic (exact) mass is 330 g/mol. The van der Waals surface area contributed by atoms with Crippen LogP contribution >= 0.6 is 0 Å². The van der Waals surface area contributed by atoms with E-state index in [1.54, 1.807) is 18.2 Å². The predicted octanol–water partition coefficient (Wildman–Crippen LogP) is 0.973. The van der Waals surface area contributed by atoms with Gasteiger partial charge < -0.3 is 20.0 Å². The van der Waals surface area contributed by atoms with Crippen molar-refractivity contribution in [2.75, 3.05) is 19.7 Å². The maximum absolute atomic E-state index is 12.7. The number of hydrogen-bond acceptors (Lipinski definition) is 6. The molecule has 7 heteroatoms. The third-order valence-corrected chi connectivity index (χ3v) is 5.10. The lowest BCUT2D eigenvalue weighted by Crippen LogP contribution is -2.68. The molecule has 3 atom stereocenters. The van der Waals surface area contributed by atoms with Crippen LogP contribution < -0.4 is 14.8 Å². The number of carbonyl (C=O) groups is 2. The van der Waals surface area contributed by atoms with E-state index in [2.05, 4.69) is 5.32 Å². The molecular weight excluding hydrogens is 312 g/mol. The Bertz CT molecular complexity index is 759. The topological polar surface area (TPSA) is 87.7 Å². The minimum Gasteiger partial charge on any atom is -0.625 e. The summed E-state index contributed by atoms with van der Waals surface area (Å²) in [5, 5.41) is 15.8. The average molecular weight is 330 g/mol. The van der Waals surface area contributed by atoms with E-state index in [9.17, 15) is 14.8 Å². The van der Waals surface area contributed by atoms with Crippen LogP contribution in [0.4, 0.5) is 0 Å². The number of likely N-dealkylation sites (tertiary alicyclic amines) is 1. The van der Waals surface area contributed by atoms with Crippen molar-refractivity contribution in [3.05, 3.63) is 35.0 Å². The van der Waals surface area contributed by atoms with Crippen LogP contribution in [-0.4, -0.2) is 48.3 Å². The Kier molecular flexibility index (Phi) is 3.45. The molecule has 1 unspecified atom stereocenters. The van der Waals surface area contributed by atoms with E-state index >= 15 is 0 Å². The zero-order valence-corrected chi connectivity index (χ0v) is 13.3. The quantitative estimate of drug-likeness (QED) is 0.271. The molecular formula is C17H18N2O5. The minimum atomic E-state index is -1.11. The van der Waals surface area contributed by atoms with Gasteiger partial charge in [-0.1, -0.05) is 0 Å². The van der Waals surface area contributed by atoms with Crippen molar-refractivity contribution in [2.24, 2.45) is 0 Å². The highest BCUT2D eigenvalue weighted by Gasteiger charge is 2.54. The molecule has 0 radical (unpaired) electrons. The molecule has 0 aromatic heterocycles. The second-order valence-electron chi connectivity index (χ2n) is 6.44. The van der Waals surface area contributed by atoms with Crippen LogP contribution in [0.5, 0.6) is 11.5 Å². The number of hydroxylamine groups is 3. The summed E-state index contributed by atoms with van der Waals surface area (Å²) in [7, 11) is 0. The van der Waals surface area contributed by atoms with Crippen LogP contribution in [-0.2, 0) is 9.59 Å². The number of benzene rings is 1. The van der Waals surface area contributed by atoms with Crippen molar-refractivity contribution in [2.45, 2.75) is 25.4 Å². The minimum absolute atomic E-state index is 0.0335. The van der Waals surface area contributed by atoms with Gasteiger partial charge in [0.25, 0.3) is 0 Å². The summed E-state index contributed by atoms with van der Waals surface area (Å²) in [5.41, 5.74) is 2.00. The van der Waals surface area contributed by atoms with Gasteiger partial charge in [-0.05, 0) is 30.7 Å². The number of quaternary nitrogens is 1. The number of esters is 1. The van der Waals surface area contributed by atoms with Crippen molar-refractivity contribution < 1.29 is 23.7 Å². The Hall–Kier alpha value is -2.22. The molecule has 1 amide bonds. The van der Waals surface area contributed by atoms with E-state index in [0.29, 0.717) is 25.3 Å². The first-order valence-electron chi connectivity index (χ1n) is 8.02. The molecule has 3 aliphatic heterocycles. The lowest BCUT2D eigenvalue weighted by molar-refractivity contribution is -0.817. The van der Waals surface area contributed by atoms with Crippen LogP contribution in [0, 0.1) is 5.21 Å². The Labute approximate surface area is 139 Å². The fourth-order valence-electron chi connectivity index (χ4n) is 3.55. The molecule has 3 heterocycles. The molecule has 2 fully saturated rings. The van der Waals surface area contributed by atoms with E-state index in [1.165, 1.54) is 0 Å². The average Bonchev–Trinajstić information content (AvgIpc) is 2.76. The van der Waals surface area contributed by atoms with Gasteiger partial charge in [0.05, 0.1) is 19.1 Å². The molecule has 0 saturated carbocycles. The molecule has 0 aliphatic carbocycles. The number of ether oxygens (including phenoxy) is 2. The Morgan fingerprint density at radius 3 is 2.96 bits per heavy atom. The lowest BCUT2D eigenvalue weighted by atomic mass is 10.0. The van der Waals surface area contributed by atoms with Gasteiger partial charge >= 0.3 is 11.9 Å². The largest absolute Gasteiger partial charge is 0.625 e. The number of allylic oxidation sites excluding steroid dienone is 1. The Morgan fingerprint density at radius 2 is 2.25 bits per heavy atom. The number of hydrogen-bond donors (Lipinski definition) is 1. The third kappa shape index (κ3) is 2.24. The highest BCUT2D eigenvalue weighted by atomic mass is 16.6. The third-order valence-electron chi connectivity index (χ3n) is 5.10. The zero-order chi connectivity index (χ0) is 16.9. The molecule has 24 heavy (non-hydrogen) atoms. The molecule has 0 spiro atoms. The fraction of sp³-hybridized carbons (Fsp3) is 0.412. The van der Waals surface area contributed by atoms with Gasteiger partial charge in [-0.15, -0.1) is 0 Å². The number of amides is 1. The van der Waals surface area contributed by atoms with Crippen LogP contribution in [0.15, 0.2) is 24.3 Å². The molecule has 126 valence electrons. The van der Waals surface area contributed by atoms with Gasteiger partial charge in [-0.2, -0.15) is 0 Å². The summed E-state index contributed by atoms with van der Waals surface area (Å²) in [5.74, 6) is -1.33. The van der Waals surface area contributed by atoms with Crippen molar-refractivity contribution in [1.82, 2.24) is 5.32 Å². The summed E-state index contributed by atoms with van der Waals surface area (Å²) >= 11 is 0. The van der Waals surface area contributed by atoms with Crippen molar-refractivity contribution in [1.29, 1.82) is 0 Å². The van der Waals surface area contributed by atoms with Gasteiger partial charge in [0.1, 0.15) is 24.1 Å². The molecule has 7 nitrogen and oxygen atoms in total.